The fraction of sp³-hybridized carbons (Fsp3) is 0.609. The number of nitriles is 1. The quantitative estimate of drug-likeness (QED) is 0.579. The zero-order valence-electron chi connectivity index (χ0n) is 20.1. The van der Waals surface area contributed by atoms with E-state index in [0.717, 1.165) is 25.1 Å². The number of hydrogen-bond acceptors (Lipinski definition) is 6. The second kappa shape index (κ2) is 9.41. The Balaban J connectivity index is 1.88. The minimum Gasteiger partial charge on any atom is -0.481 e. The summed E-state index contributed by atoms with van der Waals surface area (Å²) in [4.78, 5) is 27.0. The minimum absolute atomic E-state index is 0.225. The highest BCUT2D eigenvalue weighted by Crippen LogP contribution is 2.38. The highest BCUT2D eigenvalue weighted by Gasteiger charge is 2.51. The highest BCUT2D eigenvalue weighted by atomic mass is 35.5. The topological polar surface area (TPSA) is 117 Å². The molecule has 0 spiro atoms. The number of hydrogen-bond donors (Lipinski definition) is 1. The Bertz CT molecular complexity index is 1200. The first-order valence-corrected chi connectivity index (χ1v) is 13.1. The summed E-state index contributed by atoms with van der Waals surface area (Å²) >= 11 is 6.14. The van der Waals surface area contributed by atoms with Crippen molar-refractivity contribution in [1.29, 1.82) is 5.26 Å². The first-order chi connectivity index (χ1) is 16.4. The van der Waals surface area contributed by atoms with Crippen molar-refractivity contribution >= 4 is 33.3 Å². The Morgan fingerprint density at radius 3 is 2.36 bits per heavy atom. The first kappa shape index (κ1) is 28.1. The molecule has 0 aromatic heterocycles. The summed E-state index contributed by atoms with van der Waals surface area (Å²) in [7, 11) is -4.20. The van der Waals surface area contributed by atoms with Crippen molar-refractivity contribution in [2.45, 2.75) is 81.0 Å². The van der Waals surface area contributed by atoms with Crippen LogP contribution in [0.4, 0.5) is 13.2 Å². The number of ether oxygens (including phenoxy) is 1. The molecule has 1 N–H and O–H groups in total. The molecule has 1 saturated heterocycles. The number of benzene rings is 1. The lowest BCUT2D eigenvalue weighted by molar-refractivity contribution is -0.189. The lowest BCUT2D eigenvalue weighted by atomic mass is 9.94. The molecule has 3 atom stereocenters. The van der Waals surface area contributed by atoms with Gasteiger partial charge in [0, 0.05) is 18.0 Å². The maximum atomic E-state index is 13.5. The lowest BCUT2D eigenvalue weighted by Gasteiger charge is -2.30. The van der Waals surface area contributed by atoms with E-state index in [1.165, 1.54) is 4.90 Å². The molecule has 0 radical (unpaired) electrons. The lowest BCUT2D eigenvalue weighted by Crippen LogP contribution is -2.51. The van der Waals surface area contributed by atoms with Crippen molar-refractivity contribution in [3.63, 3.8) is 0 Å². The van der Waals surface area contributed by atoms with Gasteiger partial charge >= 0.3 is 6.18 Å². The van der Waals surface area contributed by atoms with Gasteiger partial charge in [0.1, 0.15) is 17.3 Å². The van der Waals surface area contributed by atoms with Crippen LogP contribution in [0.1, 0.15) is 47.0 Å². The van der Waals surface area contributed by atoms with Crippen LogP contribution in [0.5, 0.6) is 5.75 Å². The summed E-state index contributed by atoms with van der Waals surface area (Å²) in [6.45, 7) is 5.45. The maximum Gasteiger partial charge on any atom is 0.425 e. The molecule has 1 aliphatic heterocycles. The fourth-order valence-electron chi connectivity index (χ4n) is 3.87. The van der Waals surface area contributed by atoms with Crippen LogP contribution in [0.25, 0.3) is 0 Å². The van der Waals surface area contributed by atoms with E-state index in [0.29, 0.717) is 12.8 Å². The van der Waals surface area contributed by atoms with Crippen LogP contribution in [-0.4, -0.2) is 60.8 Å². The van der Waals surface area contributed by atoms with Crippen molar-refractivity contribution in [2.75, 3.05) is 6.54 Å². The summed E-state index contributed by atoms with van der Waals surface area (Å²) in [5.74, 6) is -1.30. The van der Waals surface area contributed by atoms with E-state index >= 15 is 0 Å². The van der Waals surface area contributed by atoms with Gasteiger partial charge in [-0.15, -0.1) is 0 Å². The van der Waals surface area contributed by atoms with Gasteiger partial charge in [-0.3, -0.25) is 9.59 Å². The summed E-state index contributed by atoms with van der Waals surface area (Å²) in [6.07, 6.45) is -6.05. The average molecular weight is 550 g/mol. The molecule has 1 saturated carbocycles. The van der Waals surface area contributed by atoms with Crippen LogP contribution in [0, 0.1) is 16.7 Å². The van der Waals surface area contributed by atoms with Gasteiger partial charge in [-0.1, -0.05) is 32.4 Å². The van der Waals surface area contributed by atoms with Crippen molar-refractivity contribution < 1.29 is 35.9 Å². The number of rotatable bonds is 6. The van der Waals surface area contributed by atoms with Gasteiger partial charge < -0.3 is 15.0 Å². The predicted molar refractivity (Wildman–Crippen MR) is 124 cm³/mol. The molecule has 36 heavy (non-hydrogen) atoms. The SMILES string of the molecule is C[C@H](Oc1ccc(S(=O)(=O)C2C[C@@H](C(=O)NC3(C#N)CC3)N(C(=O)C(C)(C)C)C2)c(Cl)c1)C(F)(F)F. The number of nitrogens with zero attached hydrogens (tertiary/aromatic N) is 2. The van der Waals surface area contributed by atoms with Crippen LogP contribution in [0.15, 0.2) is 23.1 Å². The fourth-order valence-corrected chi connectivity index (χ4v) is 6.10. The zero-order chi connectivity index (χ0) is 27.3. The molecule has 1 heterocycles. The third-order valence-corrected chi connectivity index (χ3v) is 8.83. The molecular weight excluding hydrogens is 523 g/mol. The van der Waals surface area contributed by atoms with Gasteiger partial charge in [-0.05, 0) is 38.3 Å². The second-order valence-electron chi connectivity index (χ2n) is 10.2. The summed E-state index contributed by atoms with van der Waals surface area (Å²) in [5, 5.41) is 10.4. The number of sulfone groups is 1. The monoisotopic (exact) mass is 549 g/mol. The minimum atomic E-state index is -4.62. The summed E-state index contributed by atoms with van der Waals surface area (Å²) in [6, 6.07) is 4.02. The molecule has 2 aliphatic rings. The number of amides is 2. The Morgan fingerprint density at radius 1 is 1.28 bits per heavy atom. The molecule has 2 fully saturated rings. The Labute approximate surface area is 212 Å². The molecule has 13 heteroatoms. The Morgan fingerprint density at radius 2 is 1.89 bits per heavy atom. The van der Waals surface area contributed by atoms with Gasteiger partial charge in [0.2, 0.25) is 11.8 Å². The van der Waals surface area contributed by atoms with E-state index in [4.69, 9.17) is 16.3 Å². The molecule has 1 aliphatic carbocycles. The van der Waals surface area contributed by atoms with E-state index in [2.05, 4.69) is 5.32 Å². The molecule has 1 unspecified atom stereocenters. The van der Waals surface area contributed by atoms with Gasteiger partial charge in [0.15, 0.2) is 15.9 Å². The summed E-state index contributed by atoms with van der Waals surface area (Å²) in [5.41, 5.74) is -1.91. The first-order valence-electron chi connectivity index (χ1n) is 11.2. The van der Waals surface area contributed by atoms with Crippen LogP contribution in [0.2, 0.25) is 5.02 Å². The van der Waals surface area contributed by atoms with E-state index < -0.39 is 56.2 Å². The third-order valence-electron chi connectivity index (χ3n) is 6.22. The number of alkyl halides is 3. The second-order valence-corrected chi connectivity index (χ2v) is 12.8. The van der Waals surface area contributed by atoms with E-state index in [-0.39, 0.29) is 28.6 Å². The number of halogens is 4. The van der Waals surface area contributed by atoms with Gasteiger partial charge in [0.05, 0.1) is 21.2 Å². The summed E-state index contributed by atoms with van der Waals surface area (Å²) < 4.78 is 70.1. The van der Waals surface area contributed by atoms with Crippen LogP contribution >= 0.6 is 11.6 Å². The third kappa shape index (κ3) is 5.72. The van der Waals surface area contributed by atoms with Gasteiger partial charge in [-0.2, -0.15) is 18.4 Å². The van der Waals surface area contributed by atoms with E-state index in [1.54, 1.807) is 20.8 Å². The molecule has 1 aromatic rings. The van der Waals surface area contributed by atoms with Crippen molar-refractivity contribution in [3.8, 4) is 11.8 Å². The molecule has 1 aromatic carbocycles. The van der Waals surface area contributed by atoms with Crippen LogP contribution < -0.4 is 10.1 Å². The van der Waals surface area contributed by atoms with Crippen molar-refractivity contribution in [3.05, 3.63) is 23.2 Å². The molecule has 2 amide bonds. The van der Waals surface area contributed by atoms with Gasteiger partial charge in [-0.25, -0.2) is 8.42 Å². The molecule has 198 valence electrons. The smallest absolute Gasteiger partial charge is 0.425 e. The molecule has 3 rings (SSSR count). The standard InChI is InChI=1S/C23H27ClF3N3O5S/c1-13(23(25,26)27)35-14-5-6-18(16(24)9-14)36(33,34)15-10-17(19(31)29-22(12-28)7-8-22)30(11-15)20(32)21(2,3)4/h5-6,9,13,15,17H,7-8,10-11H2,1-4H3,(H,29,31)/t13-,15?,17-/m0/s1. The zero-order valence-corrected chi connectivity index (χ0v) is 21.7. The van der Waals surface area contributed by atoms with Crippen LogP contribution in [-0.2, 0) is 19.4 Å². The van der Waals surface area contributed by atoms with Crippen molar-refractivity contribution in [2.24, 2.45) is 5.41 Å². The number of likely N-dealkylation sites (tertiary alicyclic amines) is 1. The average Bonchev–Trinajstić information content (AvgIpc) is 3.37. The molecular formula is C23H27ClF3N3O5S. The normalized spacial score (nSPS) is 22.5. The number of carbonyl (C=O) groups excluding carboxylic acids is 2. The number of carbonyl (C=O) groups is 2. The largest absolute Gasteiger partial charge is 0.481 e. The van der Waals surface area contributed by atoms with Crippen molar-refractivity contribution in [1.82, 2.24) is 10.2 Å². The van der Waals surface area contributed by atoms with Gasteiger partial charge in [0.25, 0.3) is 0 Å². The van der Waals surface area contributed by atoms with E-state index in [9.17, 15) is 36.4 Å². The number of nitrogens with one attached hydrogen (secondary N) is 1. The molecule has 8 nitrogen and oxygen atoms in total. The molecule has 0 bridgehead atoms. The maximum absolute atomic E-state index is 13.5. The predicted octanol–water partition coefficient (Wildman–Crippen LogP) is 3.63. The highest BCUT2D eigenvalue weighted by molar-refractivity contribution is 7.92. The Kier molecular flexibility index (Phi) is 7.34. The van der Waals surface area contributed by atoms with Crippen LogP contribution in [0.3, 0.4) is 0 Å². The van der Waals surface area contributed by atoms with E-state index in [1.807, 2.05) is 6.07 Å². The Hall–Kier alpha value is -2.52.